The van der Waals surface area contributed by atoms with Gasteiger partial charge in [0.15, 0.2) is 0 Å². The summed E-state index contributed by atoms with van der Waals surface area (Å²) in [5, 5.41) is 3.52. The monoisotopic (exact) mass is 229 g/mol. The minimum Gasteiger partial charge on any atom is -0.376 e. The van der Waals surface area contributed by atoms with Crippen LogP contribution in [-0.4, -0.2) is 38.5 Å². The normalized spacial score (nSPS) is 24.4. The number of hydrogen-bond acceptors (Lipinski definition) is 3. The molecule has 0 aromatic heterocycles. The summed E-state index contributed by atoms with van der Waals surface area (Å²) in [5.74, 6) is 0. The highest BCUT2D eigenvalue weighted by atomic mass is 16.6. The highest BCUT2D eigenvalue weighted by Gasteiger charge is 2.25. The zero-order chi connectivity index (χ0) is 12.0. The molecule has 1 rings (SSSR count). The molecule has 1 fully saturated rings. The molecule has 0 aromatic rings. The summed E-state index contributed by atoms with van der Waals surface area (Å²) in [6.45, 7) is 12.2. The average molecular weight is 229 g/mol. The van der Waals surface area contributed by atoms with Crippen LogP contribution in [0.2, 0.25) is 0 Å². The van der Waals surface area contributed by atoms with Crippen LogP contribution in [0.3, 0.4) is 0 Å². The Balaban J connectivity index is 2.39. The summed E-state index contributed by atoms with van der Waals surface area (Å²) in [7, 11) is 0. The Morgan fingerprint density at radius 2 is 2.06 bits per heavy atom. The van der Waals surface area contributed by atoms with Crippen molar-refractivity contribution in [3.8, 4) is 0 Å². The largest absolute Gasteiger partial charge is 0.376 e. The summed E-state index contributed by atoms with van der Waals surface area (Å²) in [6.07, 6.45) is 2.60. The van der Waals surface area contributed by atoms with E-state index in [9.17, 15) is 0 Å². The first kappa shape index (κ1) is 13.9. The Morgan fingerprint density at radius 1 is 1.31 bits per heavy atom. The zero-order valence-electron chi connectivity index (χ0n) is 11.2. The number of likely N-dealkylation sites (N-methyl/N-ethyl adjacent to an activating group) is 1. The SMILES string of the molecule is CCNC(CCC(C)(C)C)C1COCCO1. The van der Waals surface area contributed by atoms with Gasteiger partial charge in [-0.2, -0.15) is 0 Å². The van der Waals surface area contributed by atoms with E-state index in [1.807, 2.05) is 0 Å². The molecule has 3 nitrogen and oxygen atoms in total. The van der Waals surface area contributed by atoms with Gasteiger partial charge < -0.3 is 14.8 Å². The number of hydrogen-bond donors (Lipinski definition) is 1. The second-order valence-corrected chi connectivity index (χ2v) is 5.75. The number of ether oxygens (including phenoxy) is 2. The summed E-state index contributed by atoms with van der Waals surface area (Å²) >= 11 is 0. The fourth-order valence-electron chi connectivity index (χ4n) is 2.01. The third-order valence-electron chi connectivity index (χ3n) is 2.96. The molecule has 0 spiro atoms. The van der Waals surface area contributed by atoms with Crippen molar-refractivity contribution in [2.24, 2.45) is 5.41 Å². The van der Waals surface area contributed by atoms with Gasteiger partial charge >= 0.3 is 0 Å². The van der Waals surface area contributed by atoms with Gasteiger partial charge in [0.2, 0.25) is 0 Å². The molecule has 1 N–H and O–H groups in total. The first-order chi connectivity index (χ1) is 7.53. The van der Waals surface area contributed by atoms with Crippen LogP contribution in [0.25, 0.3) is 0 Å². The Labute approximate surface area is 99.9 Å². The van der Waals surface area contributed by atoms with Gasteiger partial charge in [0, 0.05) is 6.04 Å². The van der Waals surface area contributed by atoms with Crippen molar-refractivity contribution in [3.63, 3.8) is 0 Å². The van der Waals surface area contributed by atoms with E-state index in [1.54, 1.807) is 0 Å². The molecule has 1 aliphatic heterocycles. The molecule has 2 unspecified atom stereocenters. The van der Waals surface area contributed by atoms with Gasteiger partial charge in [0.05, 0.1) is 25.9 Å². The molecule has 2 atom stereocenters. The molecular formula is C13H27NO2. The van der Waals surface area contributed by atoms with E-state index in [0.717, 1.165) is 32.8 Å². The van der Waals surface area contributed by atoms with Crippen LogP contribution in [0.4, 0.5) is 0 Å². The second-order valence-electron chi connectivity index (χ2n) is 5.75. The van der Waals surface area contributed by atoms with Gasteiger partial charge in [-0.3, -0.25) is 0 Å². The Hall–Kier alpha value is -0.120. The molecule has 1 aliphatic rings. The first-order valence-electron chi connectivity index (χ1n) is 6.45. The molecule has 0 bridgehead atoms. The van der Waals surface area contributed by atoms with Crippen LogP contribution in [0, 0.1) is 5.41 Å². The maximum atomic E-state index is 5.77. The van der Waals surface area contributed by atoms with Gasteiger partial charge in [0.1, 0.15) is 0 Å². The van der Waals surface area contributed by atoms with Crippen LogP contribution >= 0.6 is 0 Å². The molecule has 16 heavy (non-hydrogen) atoms. The molecule has 0 aliphatic carbocycles. The lowest BCUT2D eigenvalue weighted by Crippen LogP contribution is -2.47. The third kappa shape index (κ3) is 5.28. The molecule has 0 aromatic carbocycles. The van der Waals surface area contributed by atoms with Crippen molar-refractivity contribution in [1.82, 2.24) is 5.32 Å². The third-order valence-corrected chi connectivity index (χ3v) is 2.96. The van der Waals surface area contributed by atoms with E-state index in [0.29, 0.717) is 11.5 Å². The maximum absolute atomic E-state index is 5.77. The van der Waals surface area contributed by atoms with Crippen molar-refractivity contribution in [3.05, 3.63) is 0 Å². The quantitative estimate of drug-likeness (QED) is 0.784. The first-order valence-corrected chi connectivity index (χ1v) is 6.45. The maximum Gasteiger partial charge on any atom is 0.0962 e. The lowest BCUT2D eigenvalue weighted by atomic mass is 9.87. The van der Waals surface area contributed by atoms with Gasteiger partial charge in [-0.25, -0.2) is 0 Å². The van der Waals surface area contributed by atoms with Crippen LogP contribution in [0.5, 0.6) is 0 Å². The van der Waals surface area contributed by atoms with E-state index >= 15 is 0 Å². The predicted octanol–water partition coefficient (Wildman–Crippen LogP) is 2.21. The second kappa shape index (κ2) is 6.58. The molecule has 0 saturated carbocycles. The number of rotatable bonds is 5. The van der Waals surface area contributed by atoms with Crippen LogP contribution < -0.4 is 5.32 Å². The predicted molar refractivity (Wildman–Crippen MR) is 66.7 cm³/mol. The van der Waals surface area contributed by atoms with Crippen LogP contribution in [0.1, 0.15) is 40.5 Å². The fraction of sp³-hybridized carbons (Fsp3) is 1.00. The van der Waals surface area contributed by atoms with E-state index < -0.39 is 0 Å². The molecule has 1 saturated heterocycles. The van der Waals surface area contributed by atoms with E-state index in [1.165, 1.54) is 6.42 Å². The van der Waals surface area contributed by atoms with Crippen molar-refractivity contribution in [2.45, 2.75) is 52.7 Å². The molecule has 0 amide bonds. The molecule has 3 heteroatoms. The van der Waals surface area contributed by atoms with Crippen molar-refractivity contribution in [2.75, 3.05) is 26.4 Å². The average Bonchev–Trinajstić information content (AvgIpc) is 2.24. The Kier molecular flexibility index (Phi) is 5.73. The Bertz CT molecular complexity index is 183. The molecule has 1 heterocycles. The Morgan fingerprint density at radius 3 is 2.56 bits per heavy atom. The van der Waals surface area contributed by atoms with Crippen LogP contribution in [-0.2, 0) is 9.47 Å². The van der Waals surface area contributed by atoms with E-state index in [2.05, 4.69) is 33.0 Å². The smallest absolute Gasteiger partial charge is 0.0962 e. The van der Waals surface area contributed by atoms with Crippen molar-refractivity contribution in [1.29, 1.82) is 0 Å². The lowest BCUT2D eigenvalue weighted by molar-refractivity contribution is -0.103. The summed E-state index contributed by atoms with van der Waals surface area (Å²) in [5.41, 5.74) is 0.392. The molecular weight excluding hydrogens is 202 g/mol. The standard InChI is InChI=1S/C13H27NO2/c1-5-14-11(6-7-13(2,3)4)12-10-15-8-9-16-12/h11-12,14H,5-10H2,1-4H3. The highest BCUT2D eigenvalue weighted by Crippen LogP contribution is 2.23. The fourth-order valence-corrected chi connectivity index (χ4v) is 2.01. The van der Waals surface area contributed by atoms with Gasteiger partial charge in [-0.15, -0.1) is 0 Å². The lowest BCUT2D eigenvalue weighted by Gasteiger charge is -2.32. The van der Waals surface area contributed by atoms with Gasteiger partial charge in [-0.05, 0) is 24.8 Å². The minimum atomic E-state index is 0.232. The zero-order valence-corrected chi connectivity index (χ0v) is 11.2. The highest BCUT2D eigenvalue weighted by molar-refractivity contribution is 4.80. The summed E-state index contributed by atoms with van der Waals surface area (Å²) in [6, 6.07) is 0.435. The van der Waals surface area contributed by atoms with Crippen molar-refractivity contribution >= 4 is 0 Å². The van der Waals surface area contributed by atoms with E-state index in [4.69, 9.17) is 9.47 Å². The summed E-state index contributed by atoms with van der Waals surface area (Å²) < 4.78 is 11.2. The van der Waals surface area contributed by atoms with E-state index in [-0.39, 0.29) is 6.10 Å². The van der Waals surface area contributed by atoms with Gasteiger partial charge in [0.25, 0.3) is 0 Å². The summed E-state index contributed by atoms with van der Waals surface area (Å²) in [4.78, 5) is 0. The van der Waals surface area contributed by atoms with Crippen LogP contribution in [0.15, 0.2) is 0 Å². The number of nitrogens with one attached hydrogen (secondary N) is 1. The van der Waals surface area contributed by atoms with Gasteiger partial charge in [-0.1, -0.05) is 27.7 Å². The molecule has 96 valence electrons. The van der Waals surface area contributed by atoms with Crippen molar-refractivity contribution < 1.29 is 9.47 Å². The molecule has 0 radical (unpaired) electrons. The minimum absolute atomic E-state index is 0.232. The topological polar surface area (TPSA) is 30.5 Å².